The topological polar surface area (TPSA) is 64.4 Å². The number of anilines is 1. The monoisotopic (exact) mass is 261 g/mol. The molecule has 5 nitrogen and oxygen atoms in total. The Balaban J connectivity index is 2.19. The van der Waals surface area contributed by atoms with Gasteiger partial charge in [-0.2, -0.15) is 0 Å². The zero-order chi connectivity index (χ0) is 14.0. The molecule has 0 unspecified atom stereocenters. The van der Waals surface area contributed by atoms with Gasteiger partial charge in [-0.3, -0.25) is 4.79 Å². The first kappa shape index (κ1) is 13.3. The maximum absolute atomic E-state index is 12.4. The lowest BCUT2D eigenvalue weighted by molar-refractivity contribution is 0.0763. The van der Waals surface area contributed by atoms with Crippen LogP contribution < -0.4 is 5.73 Å². The van der Waals surface area contributed by atoms with E-state index in [1.54, 1.807) is 30.5 Å². The van der Waals surface area contributed by atoms with Gasteiger partial charge in [-0.1, -0.05) is 0 Å². The minimum atomic E-state index is -0.0678. The normalized spacial score (nSPS) is 10.9. The van der Waals surface area contributed by atoms with Crippen LogP contribution in [0, 0.1) is 0 Å². The van der Waals surface area contributed by atoms with E-state index in [2.05, 4.69) is 0 Å². The maximum atomic E-state index is 12.4. The van der Waals surface area contributed by atoms with Gasteiger partial charge < -0.3 is 19.6 Å². The fourth-order valence-corrected chi connectivity index (χ4v) is 2.00. The second kappa shape index (κ2) is 5.22. The van der Waals surface area contributed by atoms with E-state index in [-0.39, 0.29) is 11.9 Å². The average Bonchev–Trinajstić information content (AvgIpc) is 2.97. The number of amides is 1. The molecule has 19 heavy (non-hydrogen) atoms. The maximum Gasteiger partial charge on any atom is 0.270 e. The Labute approximate surface area is 112 Å². The summed E-state index contributed by atoms with van der Waals surface area (Å²) < 4.78 is 7.13. The molecule has 5 heteroatoms. The van der Waals surface area contributed by atoms with Crippen LogP contribution in [0.25, 0.3) is 0 Å². The van der Waals surface area contributed by atoms with Gasteiger partial charge in [-0.25, -0.2) is 0 Å². The fourth-order valence-electron chi connectivity index (χ4n) is 2.00. The van der Waals surface area contributed by atoms with Crippen LogP contribution in [0.4, 0.5) is 5.69 Å². The number of nitrogen functional groups attached to an aromatic ring is 1. The van der Waals surface area contributed by atoms with Crippen molar-refractivity contribution in [3.63, 3.8) is 0 Å². The molecule has 2 aromatic rings. The highest BCUT2D eigenvalue weighted by atomic mass is 16.3. The van der Waals surface area contributed by atoms with Crippen molar-refractivity contribution in [3.05, 3.63) is 42.1 Å². The van der Waals surface area contributed by atoms with Gasteiger partial charge in [0.2, 0.25) is 0 Å². The number of carbonyl (C=O) groups is 1. The minimum absolute atomic E-state index is 0.0678. The van der Waals surface area contributed by atoms with Crippen LogP contribution >= 0.6 is 0 Å². The Morgan fingerprint density at radius 2 is 2.26 bits per heavy atom. The van der Waals surface area contributed by atoms with E-state index in [0.717, 1.165) is 5.76 Å². The van der Waals surface area contributed by atoms with E-state index in [1.807, 2.05) is 30.5 Å². The van der Waals surface area contributed by atoms with Crippen molar-refractivity contribution in [3.8, 4) is 0 Å². The van der Waals surface area contributed by atoms with Gasteiger partial charge in [-0.15, -0.1) is 0 Å². The summed E-state index contributed by atoms with van der Waals surface area (Å²) in [6.45, 7) is 4.47. The molecular weight excluding hydrogens is 242 g/mol. The molecule has 0 saturated heterocycles. The summed E-state index contributed by atoms with van der Waals surface area (Å²) in [5.41, 5.74) is 6.98. The highest BCUT2D eigenvalue weighted by molar-refractivity contribution is 5.93. The Morgan fingerprint density at radius 3 is 2.84 bits per heavy atom. The first-order valence-corrected chi connectivity index (χ1v) is 6.24. The summed E-state index contributed by atoms with van der Waals surface area (Å²) in [6.07, 6.45) is 3.39. The first-order valence-electron chi connectivity index (χ1n) is 6.24. The summed E-state index contributed by atoms with van der Waals surface area (Å²) in [7, 11) is 1.75. The average molecular weight is 261 g/mol. The van der Waals surface area contributed by atoms with Crippen molar-refractivity contribution >= 4 is 11.6 Å². The van der Waals surface area contributed by atoms with Crippen molar-refractivity contribution in [2.45, 2.75) is 26.4 Å². The van der Waals surface area contributed by atoms with Crippen LogP contribution in [-0.4, -0.2) is 22.4 Å². The minimum Gasteiger partial charge on any atom is -0.467 e. The number of nitrogens with zero attached hydrogens (tertiary/aromatic N) is 2. The smallest absolute Gasteiger partial charge is 0.270 e. The number of furan rings is 1. The van der Waals surface area contributed by atoms with E-state index in [9.17, 15) is 4.79 Å². The SMILES string of the molecule is CC(C)n1cc(N)cc1C(=O)N(C)Cc1ccco1. The van der Waals surface area contributed by atoms with Crippen LogP contribution in [0.3, 0.4) is 0 Å². The zero-order valence-corrected chi connectivity index (χ0v) is 11.5. The first-order chi connectivity index (χ1) is 8.99. The van der Waals surface area contributed by atoms with Gasteiger partial charge in [0.05, 0.1) is 18.5 Å². The van der Waals surface area contributed by atoms with Crippen molar-refractivity contribution in [2.24, 2.45) is 0 Å². The molecule has 0 spiro atoms. The van der Waals surface area contributed by atoms with Gasteiger partial charge in [0.15, 0.2) is 0 Å². The van der Waals surface area contributed by atoms with Crippen molar-refractivity contribution in [2.75, 3.05) is 12.8 Å². The predicted octanol–water partition coefficient (Wildman–Crippen LogP) is 2.52. The molecule has 1 amide bonds. The molecule has 0 aliphatic carbocycles. The highest BCUT2D eigenvalue weighted by Crippen LogP contribution is 2.18. The number of carbonyl (C=O) groups excluding carboxylic acids is 1. The third-order valence-corrected chi connectivity index (χ3v) is 2.96. The van der Waals surface area contributed by atoms with E-state index < -0.39 is 0 Å². The van der Waals surface area contributed by atoms with Gasteiger partial charge in [0, 0.05) is 19.3 Å². The second-order valence-corrected chi connectivity index (χ2v) is 4.90. The summed E-state index contributed by atoms with van der Waals surface area (Å²) in [5.74, 6) is 0.688. The van der Waals surface area contributed by atoms with Gasteiger partial charge in [0.25, 0.3) is 5.91 Å². The molecule has 2 heterocycles. The summed E-state index contributed by atoms with van der Waals surface area (Å²) in [6, 6.07) is 5.55. The van der Waals surface area contributed by atoms with Crippen molar-refractivity contribution in [1.82, 2.24) is 9.47 Å². The number of hydrogen-bond acceptors (Lipinski definition) is 3. The molecule has 0 saturated carbocycles. The van der Waals surface area contributed by atoms with E-state index in [0.29, 0.717) is 17.9 Å². The van der Waals surface area contributed by atoms with Crippen LogP contribution in [-0.2, 0) is 6.54 Å². The molecule has 0 aliphatic rings. The lowest BCUT2D eigenvalue weighted by Gasteiger charge is -2.18. The van der Waals surface area contributed by atoms with Gasteiger partial charge in [-0.05, 0) is 32.0 Å². The quantitative estimate of drug-likeness (QED) is 0.919. The molecule has 0 bridgehead atoms. The van der Waals surface area contributed by atoms with Crippen LogP contribution in [0.5, 0.6) is 0 Å². The second-order valence-electron chi connectivity index (χ2n) is 4.90. The Morgan fingerprint density at radius 1 is 1.53 bits per heavy atom. The zero-order valence-electron chi connectivity index (χ0n) is 11.5. The van der Waals surface area contributed by atoms with E-state index >= 15 is 0 Å². The third-order valence-electron chi connectivity index (χ3n) is 2.96. The lowest BCUT2D eigenvalue weighted by atomic mass is 10.3. The largest absolute Gasteiger partial charge is 0.467 e. The summed E-state index contributed by atoms with van der Waals surface area (Å²) in [5, 5.41) is 0. The standard InChI is InChI=1S/C14H19N3O2/c1-10(2)17-8-11(15)7-13(17)14(18)16(3)9-12-5-4-6-19-12/h4-8,10H,9,15H2,1-3H3. The molecule has 2 rings (SSSR count). The molecule has 0 aromatic carbocycles. The predicted molar refractivity (Wildman–Crippen MR) is 73.7 cm³/mol. The molecule has 102 valence electrons. The Kier molecular flexibility index (Phi) is 3.64. The van der Waals surface area contributed by atoms with E-state index in [1.165, 1.54) is 0 Å². The van der Waals surface area contributed by atoms with Crippen molar-refractivity contribution < 1.29 is 9.21 Å². The highest BCUT2D eigenvalue weighted by Gasteiger charge is 2.19. The molecule has 0 radical (unpaired) electrons. The molecule has 0 fully saturated rings. The molecular formula is C14H19N3O2. The van der Waals surface area contributed by atoms with E-state index in [4.69, 9.17) is 10.2 Å². The Bertz CT molecular complexity index is 555. The van der Waals surface area contributed by atoms with Gasteiger partial charge in [0.1, 0.15) is 11.5 Å². The number of aromatic nitrogens is 1. The molecule has 0 aliphatic heterocycles. The number of rotatable bonds is 4. The third kappa shape index (κ3) is 2.81. The van der Waals surface area contributed by atoms with Crippen molar-refractivity contribution in [1.29, 1.82) is 0 Å². The molecule has 0 atom stereocenters. The summed E-state index contributed by atoms with van der Waals surface area (Å²) in [4.78, 5) is 14.0. The number of nitrogens with two attached hydrogens (primary N) is 1. The fraction of sp³-hybridized carbons (Fsp3) is 0.357. The summed E-state index contributed by atoms with van der Waals surface area (Å²) >= 11 is 0. The lowest BCUT2D eigenvalue weighted by Crippen LogP contribution is -2.28. The Hall–Kier alpha value is -2.17. The number of hydrogen-bond donors (Lipinski definition) is 1. The van der Waals surface area contributed by atoms with Crippen LogP contribution in [0.2, 0.25) is 0 Å². The molecule has 2 aromatic heterocycles. The van der Waals surface area contributed by atoms with Crippen LogP contribution in [0.15, 0.2) is 35.1 Å². The molecule has 2 N–H and O–H groups in total. The van der Waals surface area contributed by atoms with Crippen LogP contribution in [0.1, 0.15) is 36.1 Å². The van der Waals surface area contributed by atoms with Gasteiger partial charge >= 0.3 is 0 Å².